The van der Waals surface area contributed by atoms with Crippen LogP contribution in [0.5, 0.6) is 5.88 Å². The third kappa shape index (κ3) is 2.06. The van der Waals surface area contributed by atoms with Gasteiger partial charge in [0.1, 0.15) is 5.56 Å². The van der Waals surface area contributed by atoms with Crippen LogP contribution in [0, 0.1) is 0 Å². The third-order valence-corrected chi connectivity index (χ3v) is 3.08. The summed E-state index contributed by atoms with van der Waals surface area (Å²) in [4.78, 5) is 11.7. The van der Waals surface area contributed by atoms with Gasteiger partial charge in [-0.05, 0) is 16.5 Å². The average Bonchev–Trinajstić information content (AvgIpc) is 2.52. The maximum absolute atomic E-state index is 11.7. The van der Waals surface area contributed by atoms with E-state index in [4.69, 9.17) is 0 Å². The zero-order valence-corrected chi connectivity index (χ0v) is 11.1. The number of aromatic hydroxyl groups is 1. The highest BCUT2D eigenvalue weighted by molar-refractivity contribution is 5.67. The number of aromatic nitrogens is 2. The first kappa shape index (κ1) is 12.5. The first-order valence-corrected chi connectivity index (χ1v) is 5.89. The molecule has 2 N–H and O–H groups in total. The van der Waals surface area contributed by atoms with E-state index in [-0.39, 0.29) is 16.9 Å². The Morgan fingerprint density at radius 1 is 1.17 bits per heavy atom. The van der Waals surface area contributed by atoms with Crippen molar-refractivity contribution in [3.8, 4) is 17.0 Å². The Labute approximate surface area is 106 Å². The van der Waals surface area contributed by atoms with Crippen molar-refractivity contribution in [3.63, 3.8) is 0 Å². The Bertz CT molecular complexity index is 613. The highest BCUT2D eigenvalue weighted by Gasteiger charge is 2.16. The van der Waals surface area contributed by atoms with Gasteiger partial charge in [-0.1, -0.05) is 45.0 Å². The molecule has 0 radical (unpaired) electrons. The molecule has 4 heteroatoms. The second-order valence-corrected chi connectivity index (χ2v) is 5.53. The predicted octanol–water partition coefficient (Wildman–Crippen LogP) is 2.38. The van der Waals surface area contributed by atoms with Crippen molar-refractivity contribution in [2.75, 3.05) is 0 Å². The third-order valence-electron chi connectivity index (χ3n) is 3.08. The summed E-state index contributed by atoms with van der Waals surface area (Å²) in [6, 6.07) is 7.71. The van der Waals surface area contributed by atoms with E-state index in [0.29, 0.717) is 5.56 Å². The van der Waals surface area contributed by atoms with Crippen LogP contribution in [-0.4, -0.2) is 14.9 Å². The number of benzene rings is 1. The summed E-state index contributed by atoms with van der Waals surface area (Å²) in [5, 5.41) is 12.4. The minimum absolute atomic E-state index is 0.0384. The average molecular weight is 246 g/mol. The maximum atomic E-state index is 11.7. The van der Waals surface area contributed by atoms with Crippen molar-refractivity contribution >= 4 is 0 Å². The zero-order valence-electron chi connectivity index (χ0n) is 11.1. The van der Waals surface area contributed by atoms with Gasteiger partial charge in [0.2, 0.25) is 5.88 Å². The molecule has 0 aliphatic heterocycles. The molecule has 0 fully saturated rings. The number of hydrogen-bond donors (Lipinski definition) is 2. The van der Waals surface area contributed by atoms with E-state index >= 15 is 0 Å². The molecule has 0 aliphatic carbocycles. The first-order valence-electron chi connectivity index (χ1n) is 5.89. The standard InChI is InChI=1S/C14H18N2O2/c1-14(2,3)10-7-5-9(6-8-10)11-12(17)15-16(4)13(11)18/h5-8,18H,1-4H3,(H,15,17). The molecule has 1 heterocycles. The summed E-state index contributed by atoms with van der Waals surface area (Å²) in [7, 11) is 1.60. The van der Waals surface area contributed by atoms with Crippen LogP contribution in [0.2, 0.25) is 0 Å². The largest absolute Gasteiger partial charge is 0.493 e. The molecule has 96 valence electrons. The number of rotatable bonds is 1. The predicted molar refractivity (Wildman–Crippen MR) is 71.8 cm³/mol. The van der Waals surface area contributed by atoms with E-state index in [2.05, 4.69) is 25.9 Å². The van der Waals surface area contributed by atoms with Crippen LogP contribution in [0.3, 0.4) is 0 Å². The maximum Gasteiger partial charge on any atom is 0.275 e. The van der Waals surface area contributed by atoms with Crippen LogP contribution in [-0.2, 0) is 12.5 Å². The van der Waals surface area contributed by atoms with E-state index in [9.17, 15) is 9.90 Å². The van der Waals surface area contributed by atoms with Crippen LogP contribution in [0.15, 0.2) is 29.1 Å². The van der Waals surface area contributed by atoms with E-state index in [1.807, 2.05) is 24.3 Å². The highest BCUT2D eigenvalue weighted by atomic mass is 16.3. The minimum atomic E-state index is -0.279. The van der Waals surface area contributed by atoms with Crippen molar-refractivity contribution in [3.05, 3.63) is 40.2 Å². The number of nitrogens with one attached hydrogen (secondary N) is 1. The molecule has 1 aromatic heterocycles. The molecule has 0 unspecified atom stereocenters. The first-order chi connectivity index (χ1) is 8.30. The van der Waals surface area contributed by atoms with E-state index in [1.165, 1.54) is 10.2 Å². The van der Waals surface area contributed by atoms with Gasteiger partial charge in [-0.2, -0.15) is 0 Å². The molecule has 4 nitrogen and oxygen atoms in total. The van der Waals surface area contributed by atoms with Gasteiger partial charge < -0.3 is 5.11 Å². The molecule has 2 rings (SSSR count). The van der Waals surface area contributed by atoms with Gasteiger partial charge in [-0.3, -0.25) is 14.6 Å². The lowest BCUT2D eigenvalue weighted by atomic mass is 9.86. The van der Waals surface area contributed by atoms with Gasteiger partial charge in [-0.25, -0.2) is 0 Å². The van der Waals surface area contributed by atoms with Crippen LogP contribution in [0.4, 0.5) is 0 Å². The summed E-state index contributed by atoms with van der Waals surface area (Å²) in [5.74, 6) is -0.0384. The molecule has 18 heavy (non-hydrogen) atoms. The minimum Gasteiger partial charge on any atom is -0.493 e. The second-order valence-electron chi connectivity index (χ2n) is 5.53. The van der Waals surface area contributed by atoms with Crippen LogP contribution in [0.25, 0.3) is 11.1 Å². The summed E-state index contributed by atoms with van der Waals surface area (Å²) in [6.07, 6.45) is 0. The molecule has 0 saturated carbocycles. The second kappa shape index (κ2) is 4.05. The molecular weight excluding hydrogens is 228 g/mol. The van der Waals surface area contributed by atoms with E-state index in [1.54, 1.807) is 7.05 Å². The summed E-state index contributed by atoms with van der Waals surface area (Å²) in [5.41, 5.74) is 2.03. The lowest BCUT2D eigenvalue weighted by molar-refractivity contribution is 0.420. The van der Waals surface area contributed by atoms with Gasteiger partial charge in [-0.15, -0.1) is 0 Å². The molecule has 0 bridgehead atoms. The Morgan fingerprint density at radius 2 is 1.72 bits per heavy atom. The van der Waals surface area contributed by atoms with E-state index in [0.717, 1.165) is 5.56 Å². The fraction of sp³-hybridized carbons (Fsp3) is 0.357. The number of nitrogens with zero attached hydrogens (tertiary/aromatic N) is 1. The lowest BCUT2D eigenvalue weighted by Crippen LogP contribution is -2.10. The fourth-order valence-corrected chi connectivity index (χ4v) is 1.93. The van der Waals surface area contributed by atoms with Crippen molar-refractivity contribution in [1.82, 2.24) is 9.78 Å². The molecule has 0 aliphatic rings. The van der Waals surface area contributed by atoms with Gasteiger partial charge in [0, 0.05) is 7.05 Å². The van der Waals surface area contributed by atoms with Crippen LogP contribution in [0.1, 0.15) is 26.3 Å². The van der Waals surface area contributed by atoms with E-state index < -0.39 is 0 Å². The smallest absolute Gasteiger partial charge is 0.275 e. The van der Waals surface area contributed by atoms with Gasteiger partial charge >= 0.3 is 0 Å². The molecule has 0 saturated heterocycles. The van der Waals surface area contributed by atoms with Crippen molar-refractivity contribution in [2.24, 2.45) is 7.05 Å². The topological polar surface area (TPSA) is 58.0 Å². The monoisotopic (exact) mass is 246 g/mol. The molecular formula is C14H18N2O2. The van der Waals surface area contributed by atoms with Crippen LogP contribution >= 0.6 is 0 Å². The van der Waals surface area contributed by atoms with Crippen molar-refractivity contribution < 1.29 is 5.11 Å². The number of H-pyrrole nitrogens is 1. The number of hydrogen-bond acceptors (Lipinski definition) is 2. The number of aromatic amines is 1. The molecule has 0 amide bonds. The molecule has 0 atom stereocenters. The van der Waals surface area contributed by atoms with Gasteiger partial charge in [0.05, 0.1) is 0 Å². The van der Waals surface area contributed by atoms with Gasteiger partial charge in [0.15, 0.2) is 0 Å². The summed E-state index contributed by atoms with van der Waals surface area (Å²) in [6.45, 7) is 6.40. The highest BCUT2D eigenvalue weighted by Crippen LogP contribution is 2.28. The summed E-state index contributed by atoms with van der Waals surface area (Å²) < 4.78 is 1.31. The summed E-state index contributed by atoms with van der Waals surface area (Å²) >= 11 is 0. The lowest BCUT2D eigenvalue weighted by Gasteiger charge is -2.18. The Morgan fingerprint density at radius 3 is 2.11 bits per heavy atom. The van der Waals surface area contributed by atoms with Gasteiger partial charge in [0.25, 0.3) is 5.56 Å². The Hall–Kier alpha value is -1.97. The molecule has 2 aromatic rings. The molecule has 1 aromatic carbocycles. The van der Waals surface area contributed by atoms with Crippen molar-refractivity contribution in [1.29, 1.82) is 0 Å². The normalized spacial score (nSPS) is 11.8. The Kier molecular flexibility index (Phi) is 2.81. The van der Waals surface area contributed by atoms with Crippen molar-refractivity contribution in [2.45, 2.75) is 26.2 Å². The molecule has 0 spiro atoms. The fourth-order valence-electron chi connectivity index (χ4n) is 1.93. The SMILES string of the molecule is Cn1[nH]c(=O)c(-c2ccc(C(C)(C)C)cc2)c1O. The van der Waals surface area contributed by atoms with Crippen LogP contribution < -0.4 is 5.56 Å². The Balaban J connectivity index is 2.50. The zero-order chi connectivity index (χ0) is 13.5. The number of aryl methyl sites for hydroxylation is 1. The quantitative estimate of drug-likeness (QED) is 0.811.